The predicted octanol–water partition coefficient (Wildman–Crippen LogP) is 4.60. The van der Waals surface area contributed by atoms with Crippen LogP contribution in [-0.2, 0) is 0 Å². The average Bonchev–Trinajstić information content (AvgIpc) is 3.17. The lowest BCUT2D eigenvalue weighted by molar-refractivity contribution is 0.872. The number of halogens is 1. The molecule has 142 valence electrons. The van der Waals surface area contributed by atoms with Crippen LogP contribution in [0.25, 0.3) is 16.7 Å². The Balaban J connectivity index is 1.56. The highest BCUT2D eigenvalue weighted by atomic mass is 35.5. The fourth-order valence-electron chi connectivity index (χ4n) is 2.70. The first-order valence-corrected chi connectivity index (χ1v) is 11.1. The van der Waals surface area contributed by atoms with Gasteiger partial charge in [-0.25, -0.2) is 9.67 Å². The topological polar surface area (TPSA) is 63.6 Å². The fourth-order valence-corrected chi connectivity index (χ4v) is 5.14. The SMILES string of the molecule is O=c1[nH]c(SCC(CCl)Sc2ccccc2)nc2c1cnn2-c1ccccc1. The minimum atomic E-state index is -0.187. The summed E-state index contributed by atoms with van der Waals surface area (Å²) in [6, 6.07) is 19.8. The zero-order valence-corrected chi connectivity index (χ0v) is 17.2. The third kappa shape index (κ3) is 4.27. The van der Waals surface area contributed by atoms with Crippen LogP contribution in [0.1, 0.15) is 0 Å². The minimum absolute atomic E-state index is 0.187. The third-order valence-electron chi connectivity index (χ3n) is 4.04. The van der Waals surface area contributed by atoms with E-state index in [2.05, 4.69) is 27.2 Å². The fraction of sp³-hybridized carbons (Fsp3) is 0.150. The minimum Gasteiger partial charge on any atom is -0.301 e. The molecule has 0 radical (unpaired) electrons. The Morgan fingerprint density at radius 2 is 1.79 bits per heavy atom. The standard InChI is InChI=1S/C20H17ClN4OS2/c21-11-16(28-15-9-5-2-6-10-15)13-27-20-23-18-17(19(26)24-20)12-22-25(18)14-7-3-1-4-8-14/h1-10,12,16H,11,13H2,(H,23,24,26). The van der Waals surface area contributed by atoms with Crippen molar-refractivity contribution in [3.63, 3.8) is 0 Å². The molecule has 2 aromatic heterocycles. The van der Waals surface area contributed by atoms with E-state index in [9.17, 15) is 4.79 Å². The van der Waals surface area contributed by atoms with Crippen LogP contribution >= 0.6 is 35.1 Å². The molecule has 0 aliphatic heterocycles. The molecule has 2 heterocycles. The zero-order valence-electron chi connectivity index (χ0n) is 14.8. The quantitative estimate of drug-likeness (QED) is 0.265. The number of fused-ring (bicyclic) bond motifs is 1. The van der Waals surface area contributed by atoms with E-state index in [4.69, 9.17) is 11.6 Å². The van der Waals surface area contributed by atoms with E-state index < -0.39 is 0 Å². The molecule has 5 nitrogen and oxygen atoms in total. The maximum Gasteiger partial charge on any atom is 0.262 e. The molecule has 0 aliphatic carbocycles. The van der Waals surface area contributed by atoms with Gasteiger partial charge in [0.05, 0.1) is 11.9 Å². The van der Waals surface area contributed by atoms with Crippen LogP contribution < -0.4 is 5.56 Å². The van der Waals surface area contributed by atoms with Gasteiger partial charge in [0, 0.05) is 21.8 Å². The van der Waals surface area contributed by atoms with Crippen LogP contribution in [0, 0.1) is 0 Å². The number of alkyl halides is 1. The molecule has 1 atom stereocenters. The van der Waals surface area contributed by atoms with E-state index in [1.807, 2.05) is 48.5 Å². The second kappa shape index (κ2) is 8.86. The van der Waals surface area contributed by atoms with Gasteiger partial charge < -0.3 is 4.98 Å². The number of thioether (sulfide) groups is 2. The Morgan fingerprint density at radius 3 is 2.50 bits per heavy atom. The maximum atomic E-state index is 12.5. The first kappa shape index (κ1) is 19.1. The molecule has 0 saturated carbocycles. The van der Waals surface area contributed by atoms with Crippen LogP contribution in [0.15, 0.2) is 81.7 Å². The first-order valence-electron chi connectivity index (χ1n) is 8.68. The lowest BCUT2D eigenvalue weighted by atomic mass is 10.3. The number of hydrogen-bond donors (Lipinski definition) is 1. The number of para-hydroxylation sites is 1. The van der Waals surface area contributed by atoms with Crippen molar-refractivity contribution in [3.8, 4) is 5.69 Å². The van der Waals surface area contributed by atoms with Crippen molar-refractivity contribution in [2.24, 2.45) is 0 Å². The molecule has 0 fully saturated rings. The summed E-state index contributed by atoms with van der Waals surface area (Å²) in [6.45, 7) is 0. The van der Waals surface area contributed by atoms with Gasteiger partial charge in [0.15, 0.2) is 10.8 Å². The number of nitrogens with one attached hydrogen (secondary N) is 1. The Kier molecular flexibility index (Phi) is 6.04. The lowest BCUT2D eigenvalue weighted by Crippen LogP contribution is -2.12. The number of rotatable bonds is 7. The molecule has 28 heavy (non-hydrogen) atoms. The van der Waals surface area contributed by atoms with Gasteiger partial charge in [-0.15, -0.1) is 23.4 Å². The van der Waals surface area contributed by atoms with Gasteiger partial charge in [-0.1, -0.05) is 48.2 Å². The van der Waals surface area contributed by atoms with Crippen molar-refractivity contribution in [3.05, 3.63) is 77.2 Å². The third-order valence-corrected chi connectivity index (χ3v) is 7.05. The van der Waals surface area contributed by atoms with Crippen molar-refractivity contribution in [2.45, 2.75) is 15.3 Å². The van der Waals surface area contributed by atoms with Gasteiger partial charge in [-0.3, -0.25) is 4.79 Å². The zero-order chi connectivity index (χ0) is 19.3. The Bertz CT molecular complexity index is 1120. The normalized spacial score (nSPS) is 12.3. The van der Waals surface area contributed by atoms with Crippen molar-refractivity contribution in [1.29, 1.82) is 0 Å². The lowest BCUT2D eigenvalue weighted by Gasteiger charge is -2.12. The Hall–Kier alpha value is -2.22. The number of H-pyrrole nitrogens is 1. The van der Waals surface area contributed by atoms with Crippen molar-refractivity contribution >= 4 is 46.2 Å². The number of nitrogens with zero attached hydrogens (tertiary/aromatic N) is 3. The molecular weight excluding hydrogens is 412 g/mol. The first-order chi connectivity index (χ1) is 13.7. The molecule has 8 heteroatoms. The highest BCUT2D eigenvalue weighted by molar-refractivity contribution is 8.03. The number of aromatic nitrogens is 4. The van der Waals surface area contributed by atoms with Crippen LogP contribution in [0.3, 0.4) is 0 Å². The highest BCUT2D eigenvalue weighted by Gasteiger charge is 2.14. The molecule has 0 amide bonds. The predicted molar refractivity (Wildman–Crippen MR) is 117 cm³/mol. The van der Waals surface area contributed by atoms with E-state index in [0.717, 1.165) is 11.4 Å². The van der Waals surface area contributed by atoms with E-state index in [-0.39, 0.29) is 10.8 Å². The summed E-state index contributed by atoms with van der Waals surface area (Å²) in [5.41, 5.74) is 1.23. The molecule has 1 N–H and O–H groups in total. The van der Waals surface area contributed by atoms with Crippen LogP contribution in [0.5, 0.6) is 0 Å². The molecule has 4 rings (SSSR count). The molecule has 0 saturated heterocycles. The second-order valence-electron chi connectivity index (χ2n) is 6.02. The van der Waals surface area contributed by atoms with E-state index in [1.54, 1.807) is 22.6 Å². The van der Waals surface area contributed by atoms with Crippen LogP contribution in [0.2, 0.25) is 0 Å². The molecule has 0 bridgehead atoms. The monoisotopic (exact) mass is 428 g/mol. The summed E-state index contributed by atoms with van der Waals surface area (Å²) < 4.78 is 1.69. The highest BCUT2D eigenvalue weighted by Crippen LogP contribution is 2.28. The van der Waals surface area contributed by atoms with Gasteiger partial charge >= 0.3 is 0 Å². The van der Waals surface area contributed by atoms with Gasteiger partial charge in [-0.2, -0.15) is 5.10 Å². The van der Waals surface area contributed by atoms with Crippen molar-refractivity contribution < 1.29 is 0 Å². The Labute approximate surface area is 175 Å². The summed E-state index contributed by atoms with van der Waals surface area (Å²) in [5, 5.41) is 5.58. The number of benzene rings is 2. The maximum absolute atomic E-state index is 12.5. The van der Waals surface area contributed by atoms with E-state index in [0.29, 0.717) is 22.1 Å². The molecular formula is C20H17ClN4OS2. The second-order valence-corrected chi connectivity index (χ2v) is 8.71. The van der Waals surface area contributed by atoms with Crippen LogP contribution in [-0.4, -0.2) is 36.6 Å². The summed E-state index contributed by atoms with van der Waals surface area (Å²) >= 11 is 9.38. The summed E-state index contributed by atoms with van der Waals surface area (Å²) in [7, 11) is 0. The van der Waals surface area contributed by atoms with Crippen LogP contribution in [0.4, 0.5) is 0 Å². The number of hydrogen-bond acceptors (Lipinski definition) is 5. The van der Waals surface area contributed by atoms with E-state index >= 15 is 0 Å². The molecule has 0 spiro atoms. The average molecular weight is 429 g/mol. The largest absolute Gasteiger partial charge is 0.301 e. The van der Waals surface area contributed by atoms with Gasteiger partial charge in [-0.05, 0) is 24.3 Å². The van der Waals surface area contributed by atoms with Crippen molar-refractivity contribution in [1.82, 2.24) is 19.7 Å². The van der Waals surface area contributed by atoms with Gasteiger partial charge in [0.25, 0.3) is 5.56 Å². The van der Waals surface area contributed by atoms with Gasteiger partial charge in [0.2, 0.25) is 0 Å². The molecule has 1 unspecified atom stereocenters. The van der Waals surface area contributed by atoms with Crippen molar-refractivity contribution in [2.75, 3.05) is 11.6 Å². The summed E-state index contributed by atoms with van der Waals surface area (Å²) in [6.07, 6.45) is 1.55. The molecule has 2 aromatic carbocycles. The summed E-state index contributed by atoms with van der Waals surface area (Å²) in [4.78, 5) is 21.1. The molecule has 0 aliphatic rings. The summed E-state index contributed by atoms with van der Waals surface area (Å²) in [5.74, 6) is 1.25. The smallest absolute Gasteiger partial charge is 0.262 e. The molecule has 4 aromatic rings. The number of aromatic amines is 1. The Morgan fingerprint density at radius 1 is 1.07 bits per heavy atom. The van der Waals surface area contributed by atoms with E-state index in [1.165, 1.54) is 16.7 Å². The van der Waals surface area contributed by atoms with Gasteiger partial charge in [0.1, 0.15) is 5.39 Å².